The van der Waals surface area contributed by atoms with Gasteiger partial charge in [-0.15, -0.1) is 0 Å². The lowest BCUT2D eigenvalue weighted by Crippen LogP contribution is -2.55. The maximum atomic E-state index is 12.8. The second-order valence-corrected chi connectivity index (χ2v) is 7.83. The first kappa shape index (κ1) is 16.4. The number of anilines is 1. The van der Waals surface area contributed by atoms with Gasteiger partial charge in [0, 0.05) is 37.8 Å². The van der Waals surface area contributed by atoms with Gasteiger partial charge in [0.1, 0.15) is 0 Å². The summed E-state index contributed by atoms with van der Waals surface area (Å²) in [6.45, 7) is 5.60. The van der Waals surface area contributed by atoms with E-state index in [9.17, 15) is 4.79 Å². The average molecular weight is 338 g/mol. The van der Waals surface area contributed by atoms with Crippen molar-refractivity contribution in [2.75, 3.05) is 44.2 Å². The van der Waals surface area contributed by atoms with E-state index in [4.69, 9.17) is 5.26 Å². The first-order valence-electron chi connectivity index (χ1n) is 9.44. The number of piperidine rings is 1. The third kappa shape index (κ3) is 3.23. The van der Waals surface area contributed by atoms with Gasteiger partial charge in [0.25, 0.3) is 0 Å². The highest BCUT2D eigenvalue weighted by molar-refractivity contribution is 5.80. The van der Waals surface area contributed by atoms with Crippen molar-refractivity contribution in [3.8, 4) is 6.07 Å². The van der Waals surface area contributed by atoms with E-state index >= 15 is 0 Å². The zero-order chi connectivity index (χ0) is 17.3. The first-order chi connectivity index (χ1) is 12.2. The van der Waals surface area contributed by atoms with Crippen molar-refractivity contribution in [3.05, 3.63) is 29.8 Å². The van der Waals surface area contributed by atoms with Crippen LogP contribution in [0.5, 0.6) is 0 Å². The zero-order valence-corrected chi connectivity index (χ0v) is 14.7. The molecule has 0 atom stereocenters. The van der Waals surface area contributed by atoms with Crippen molar-refractivity contribution >= 4 is 11.6 Å². The second kappa shape index (κ2) is 6.68. The Morgan fingerprint density at radius 1 is 1.08 bits per heavy atom. The number of carbonyl (C=O) groups excluding carboxylic acids is 1. The van der Waals surface area contributed by atoms with E-state index in [1.165, 1.54) is 12.8 Å². The van der Waals surface area contributed by atoms with Gasteiger partial charge >= 0.3 is 0 Å². The number of amides is 1. The molecule has 2 saturated heterocycles. The van der Waals surface area contributed by atoms with Crippen LogP contribution in [0.25, 0.3) is 0 Å². The van der Waals surface area contributed by atoms with Gasteiger partial charge in [-0.1, -0.05) is 0 Å². The van der Waals surface area contributed by atoms with Crippen LogP contribution in [0.15, 0.2) is 24.3 Å². The van der Waals surface area contributed by atoms with Gasteiger partial charge in [0.2, 0.25) is 5.91 Å². The predicted octanol–water partition coefficient (Wildman–Crippen LogP) is 1.99. The van der Waals surface area contributed by atoms with Crippen LogP contribution in [0.4, 0.5) is 5.69 Å². The van der Waals surface area contributed by atoms with E-state index < -0.39 is 0 Å². The minimum absolute atomic E-state index is 0.263. The molecule has 1 aromatic rings. The third-order valence-corrected chi connectivity index (χ3v) is 6.33. The van der Waals surface area contributed by atoms with Crippen molar-refractivity contribution in [1.82, 2.24) is 10.2 Å². The van der Waals surface area contributed by atoms with Crippen molar-refractivity contribution in [2.45, 2.75) is 25.7 Å². The summed E-state index contributed by atoms with van der Waals surface area (Å²) in [5, 5.41) is 12.3. The van der Waals surface area contributed by atoms with Crippen LogP contribution < -0.4 is 10.2 Å². The standard InChI is InChI=1S/C20H26N4O/c21-15-16-1-3-18(4-2-16)23-9-11-24(12-10-23)19(25)17-13-20(14-17)5-7-22-8-6-20/h1-4,17,22H,5-14H2. The van der Waals surface area contributed by atoms with E-state index in [2.05, 4.69) is 21.2 Å². The topological polar surface area (TPSA) is 59.4 Å². The van der Waals surface area contributed by atoms with E-state index in [1.54, 1.807) is 0 Å². The van der Waals surface area contributed by atoms with Gasteiger partial charge in [0.15, 0.2) is 0 Å². The van der Waals surface area contributed by atoms with Crippen LogP contribution >= 0.6 is 0 Å². The van der Waals surface area contributed by atoms with Gasteiger partial charge in [-0.05, 0) is 68.5 Å². The lowest BCUT2D eigenvalue weighted by atomic mass is 9.57. The molecule has 5 heteroatoms. The number of hydrogen-bond acceptors (Lipinski definition) is 4. The van der Waals surface area contributed by atoms with Crippen LogP contribution in [0.2, 0.25) is 0 Å². The number of carbonyl (C=O) groups is 1. The molecule has 0 unspecified atom stereocenters. The third-order valence-electron chi connectivity index (χ3n) is 6.33. The van der Waals surface area contributed by atoms with Crippen LogP contribution in [0, 0.1) is 22.7 Å². The molecule has 2 heterocycles. The lowest BCUT2D eigenvalue weighted by Gasteiger charge is -2.51. The molecular formula is C20H26N4O. The van der Waals surface area contributed by atoms with E-state index in [1.807, 2.05) is 24.3 Å². The number of benzene rings is 1. The molecule has 25 heavy (non-hydrogen) atoms. The Bertz CT molecular complexity index is 656. The Morgan fingerprint density at radius 2 is 1.72 bits per heavy atom. The summed E-state index contributed by atoms with van der Waals surface area (Å²) in [6.07, 6.45) is 4.68. The molecule has 3 fully saturated rings. The monoisotopic (exact) mass is 338 g/mol. The SMILES string of the molecule is N#Cc1ccc(N2CCN(C(=O)C3CC4(CCNCC4)C3)CC2)cc1. The van der Waals surface area contributed by atoms with Crippen LogP contribution in [-0.4, -0.2) is 50.1 Å². The predicted molar refractivity (Wildman–Crippen MR) is 97.2 cm³/mol. The Labute approximate surface area is 149 Å². The summed E-state index contributed by atoms with van der Waals surface area (Å²) in [6, 6.07) is 9.88. The van der Waals surface area contributed by atoms with Crippen LogP contribution in [0.3, 0.4) is 0 Å². The van der Waals surface area contributed by atoms with Gasteiger partial charge in [-0.25, -0.2) is 0 Å². The molecule has 1 amide bonds. The molecule has 3 aliphatic rings. The quantitative estimate of drug-likeness (QED) is 0.896. The maximum absolute atomic E-state index is 12.8. The molecular weight excluding hydrogens is 312 g/mol. The zero-order valence-electron chi connectivity index (χ0n) is 14.7. The summed E-state index contributed by atoms with van der Waals surface area (Å²) in [7, 11) is 0. The van der Waals surface area contributed by atoms with Crippen molar-refractivity contribution < 1.29 is 4.79 Å². The Morgan fingerprint density at radius 3 is 2.32 bits per heavy atom. The molecule has 0 aromatic heterocycles. The van der Waals surface area contributed by atoms with Gasteiger partial charge in [-0.3, -0.25) is 4.79 Å². The highest BCUT2D eigenvalue weighted by Gasteiger charge is 2.48. The van der Waals surface area contributed by atoms with E-state index in [0.29, 0.717) is 16.9 Å². The highest BCUT2D eigenvalue weighted by atomic mass is 16.2. The van der Waals surface area contributed by atoms with Crippen molar-refractivity contribution in [2.24, 2.45) is 11.3 Å². The molecule has 4 rings (SSSR count). The van der Waals surface area contributed by atoms with E-state index in [-0.39, 0.29) is 5.92 Å². The summed E-state index contributed by atoms with van der Waals surface area (Å²) >= 11 is 0. The molecule has 5 nitrogen and oxygen atoms in total. The summed E-state index contributed by atoms with van der Waals surface area (Å²) < 4.78 is 0. The maximum Gasteiger partial charge on any atom is 0.225 e. The van der Waals surface area contributed by atoms with E-state index in [0.717, 1.165) is 57.8 Å². The van der Waals surface area contributed by atoms with Gasteiger partial charge in [-0.2, -0.15) is 5.26 Å². The largest absolute Gasteiger partial charge is 0.368 e. The minimum Gasteiger partial charge on any atom is -0.368 e. The fourth-order valence-corrected chi connectivity index (χ4v) is 4.72. The molecule has 0 radical (unpaired) electrons. The highest BCUT2D eigenvalue weighted by Crippen LogP contribution is 2.52. The number of nitriles is 1. The van der Waals surface area contributed by atoms with Gasteiger partial charge in [0.05, 0.1) is 11.6 Å². The number of rotatable bonds is 2. The summed E-state index contributed by atoms with van der Waals surface area (Å²) in [5.74, 6) is 0.642. The Balaban J connectivity index is 1.28. The molecule has 1 aliphatic carbocycles. The average Bonchev–Trinajstić information content (AvgIpc) is 2.66. The molecule has 0 bridgehead atoms. The molecule has 1 N–H and O–H groups in total. The normalized spacial score (nSPS) is 23.2. The molecule has 1 spiro atoms. The minimum atomic E-state index is 0.263. The Kier molecular flexibility index (Phi) is 4.39. The lowest BCUT2D eigenvalue weighted by molar-refractivity contribution is -0.145. The molecule has 132 valence electrons. The number of hydrogen-bond donors (Lipinski definition) is 1. The van der Waals surface area contributed by atoms with Crippen LogP contribution in [-0.2, 0) is 4.79 Å². The molecule has 1 aromatic carbocycles. The molecule has 1 saturated carbocycles. The number of nitrogens with one attached hydrogen (secondary N) is 1. The molecule has 2 aliphatic heterocycles. The van der Waals surface area contributed by atoms with Gasteiger partial charge < -0.3 is 15.1 Å². The fraction of sp³-hybridized carbons (Fsp3) is 0.600. The summed E-state index contributed by atoms with van der Waals surface area (Å²) in [5.41, 5.74) is 2.30. The van der Waals surface area contributed by atoms with Crippen molar-refractivity contribution in [3.63, 3.8) is 0 Å². The van der Waals surface area contributed by atoms with Crippen molar-refractivity contribution in [1.29, 1.82) is 5.26 Å². The first-order valence-corrected chi connectivity index (χ1v) is 9.44. The van der Waals surface area contributed by atoms with Crippen LogP contribution in [0.1, 0.15) is 31.2 Å². The number of piperazine rings is 1. The number of nitrogens with zero attached hydrogens (tertiary/aromatic N) is 3. The smallest absolute Gasteiger partial charge is 0.225 e. The summed E-state index contributed by atoms with van der Waals surface area (Å²) in [4.78, 5) is 17.2. The Hall–Kier alpha value is -2.06. The second-order valence-electron chi connectivity index (χ2n) is 7.83. The fourth-order valence-electron chi connectivity index (χ4n) is 4.72.